The molecule has 0 spiro atoms. The maximum absolute atomic E-state index is 13.2. The molecule has 0 aliphatic carbocycles. The second-order valence-corrected chi connectivity index (χ2v) is 11.7. The van der Waals surface area contributed by atoms with E-state index in [4.69, 9.17) is 18.9 Å². The summed E-state index contributed by atoms with van der Waals surface area (Å²) < 4.78 is 24.3. The van der Waals surface area contributed by atoms with E-state index in [-0.39, 0.29) is 25.2 Å². The zero-order chi connectivity index (χ0) is 32.0. The van der Waals surface area contributed by atoms with Gasteiger partial charge in [-0.15, -0.1) is 0 Å². The number of carbonyl (C=O) groups is 2. The lowest BCUT2D eigenvalue weighted by Crippen LogP contribution is -2.28. The van der Waals surface area contributed by atoms with Crippen LogP contribution in [0.4, 0.5) is 0 Å². The molecular formula is C40H38O6. The highest BCUT2D eigenvalue weighted by Gasteiger charge is 2.46. The van der Waals surface area contributed by atoms with Gasteiger partial charge in [-0.05, 0) is 26.7 Å². The van der Waals surface area contributed by atoms with Crippen molar-refractivity contribution in [3.8, 4) is 0 Å². The molecule has 46 heavy (non-hydrogen) atoms. The number of allylic oxidation sites excluding steroid dienone is 2. The van der Waals surface area contributed by atoms with Gasteiger partial charge in [0.05, 0.1) is 24.4 Å². The molecule has 6 rings (SSSR count). The zero-order valence-electron chi connectivity index (χ0n) is 26.2. The Labute approximate surface area is 270 Å². The molecule has 0 unspecified atom stereocenters. The van der Waals surface area contributed by atoms with Gasteiger partial charge in [0.25, 0.3) is 0 Å². The minimum Gasteiger partial charge on any atom is -0.482 e. The third kappa shape index (κ3) is 6.08. The number of esters is 2. The topological polar surface area (TPSA) is 71.1 Å². The fraction of sp³-hybridized carbons (Fsp3) is 0.250. The van der Waals surface area contributed by atoms with Crippen molar-refractivity contribution < 1.29 is 28.5 Å². The Morgan fingerprint density at radius 2 is 0.804 bits per heavy atom. The number of rotatable bonds is 11. The van der Waals surface area contributed by atoms with Crippen LogP contribution in [0.1, 0.15) is 61.8 Å². The lowest BCUT2D eigenvalue weighted by atomic mass is 9.82. The average molecular weight is 615 g/mol. The van der Waals surface area contributed by atoms with Gasteiger partial charge in [0.2, 0.25) is 0 Å². The van der Waals surface area contributed by atoms with E-state index in [1.54, 1.807) is 0 Å². The van der Waals surface area contributed by atoms with Gasteiger partial charge < -0.3 is 18.9 Å². The van der Waals surface area contributed by atoms with Gasteiger partial charge in [-0.2, -0.15) is 0 Å². The second kappa shape index (κ2) is 13.5. The van der Waals surface area contributed by atoms with E-state index in [1.807, 2.05) is 135 Å². The molecule has 0 atom stereocenters. The lowest BCUT2D eigenvalue weighted by Gasteiger charge is -2.31. The lowest BCUT2D eigenvalue weighted by molar-refractivity contribution is -0.141. The Hall–Kier alpha value is -5.10. The first kappa shape index (κ1) is 30.9. The van der Waals surface area contributed by atoms with Crippen LogP contribution in [0.15, 0.2) is 144 Å². The maximum atomic E-state index is 13.2. The van der Waals surface area contributed by atoms with E-state index in [0.29, 0.717) is 48.3 Å². The van der Waals surface area contributed by atoms with Crippen molar-refractivity contribution in [2.75, 3.05) is 13.2 Å². The van der Waals surface area contributed by atoms with Crippen LogP contribution in [-0.2, 0) is 39.7 Å². The van der Waals surface area contributed by atoms with Gasteiger partial charge in [-0.25, -0.2) is 9.59 Å². The first-order valence-electron chi connectivity index (χ1n) is 15.8. The first-order chi connectivity index (χ1) is 22.4. The Bertz CT molecular complexity index is 1520. The van der Waals surface area contributed by atoms with Crippen LogP contribution in [0.3, 0.4) is 0 Å². The summed E-state index contributed by atoms with van der Waals surface area (Å²) in [6, 6.07) is 39.8. The largest absolute Gasteiger partial charge is 0.482 e. The second-order valence-electron chi connectivity index (χ2n) is 11.7. The molecule has 0 amide bonds. The third-order valence-electron chi connectivity index (χ3n) is 8.81. The van der Waals surface area contributed by atoms with Gasteiger partial charge in [-0.3, -0.25) is 0 Å². The Morgan fingerprint density at radius 1 is 0.522 bits per heavy atom. The van der Waals surface area contributed by atoms with Gasteiger partial charge in [0.15, 0.2) is 11.2 Å². The van der Waals surface area contributed by atoms with Crippen molar-refractivity contribution in [2.45, 2.75) is 50.7 Å². The smallest absolute Gasteiger partial charge is 0.337 e. The Balaban J connectivity index is 1.01. The molecule has 0 radical (unpaired) electrons. The first-order valence-corrected chi connectivity index (χ1v) is 15.8. The molecule has 234 valence electrons. The standard InChI is InChI=1S/C40H38O6/c1-29-35(27-39(45-29,31-17-7-3-8-18-31)32-19-9-4-10-20-32)37(41)43-25-15-16-26-44-38(42)36-28-40(46-30(36)2,33-21-11-5-12-22-33)34-23-13-6-14-24-34/h3-14,17-24H,15-16,25-28H2,1-2H3. The van der Waals surface area contributed by atoms with E-state index in [1.165, 1.54) is 0 Å². The molecule has 2 aliphatic heterocycles. The molecule has 2 aliphatic rings. The number of hydrogen-bond acceptors (Lipinski definition) is 6. The van der Waals surface area contributed by atoms with Crippen molar-refractivity contribution in [1.29, 1.82) is 0 Å². The molecule has 2 heterocycles. The predicted octanol–water partition coefficient (Wildman–Crippen LogP) is 8.13. The van der Waals surface area contributed by atoms with Gasteiger partial charge in [-0.1, -0.05) is 121 Å². The maximum Gasteiger partial charge on any atom is 0.337 e. The molecule has 4 aromatic carbocycles. The monoisotopic (exact) mass is 614 g/mol. The number of carbonyl (C=O) groups excluding carboxylic acids is 2. The van der Waals surface area contributed by atoms with Crippen molar-refractivity contribution >= 4 is 11.9 Å². The molecule has 0 N–H and O–H groups in total. The van der Waals surface area contributed by atoms with Crippen molar-refractivity contribution in [3.05, 3.63) is 166 Å². The van der Waals surface area contributed by atoms with Gasteiger partial charge >= 0.3 is 11.9 Å². The van der Waals surface area contributed by atoms with Crippen LogP contribution in [0.25, 0.3) is 0 Å². The summed E-state index contributed by atoms with van der Waals surface area (Å²) in [5.74, 6) is 0.364. The van der Waals surface area contributed by atoms with Crippen LogP contribution >= 0.6 is 0 Å². The van der Waals surface area contributed by atoms with Crippen LogP contribution < -0.4 is 0 Å². The minimum atomic E-state index is -0.787. The predicted molar refractivity (Wildman–Crippen MR) is 175 cm³/mol. The van der Waals surface area contributed by atoms with E-state index >= 15 is 0 Å². The minimum absolute atomic E-state index is 0.215. The molecule has 6 nitrogen and oxygen atoms in total. The highest BCUT2D eigenvalue weighted by molar-refractivity contribution is 5.90. The van der Waals surface area contributed by atoms with E-state index in [9.17, 15) is 9.59 Å². The average Bonchev–Trinajstić information content (AvgIpc) is 3.66. The summed E-state index contributed by atoms with van der Waals surface area (Å²) in [5.41, 5.74) is 3.41. The van der Waals surface area contributed by atoms with Crippen molar-refractivity contribution in [3.63, 3.8) is 0 Å². The van der Waals surface area contributed by atoms with Crippen LogP contribution in [0, 0.1) is 0 Å². The number of unbranched alkanes of at least 4 members (excludes halogenated alkanes) is 1. The molecule has 0 saturated carbocycles. The summed E-state index contributed by atoms with van der Waals surface area (Å²) in [4.78, 5) is 26.4. The highest BCUT2D eigenvalue weighted by atomic mass is 16.5. The van der Waals surface area contributed by atoms with Crippen LogP contribution in [0.5, 0.6) is 0 Å². The number of hydrogen-bond donors (Lipinski definition) is 0. The molecule has 4 aromatic rings. The molecule has 0 fully saturated rings. The number of ether oxygens (including phenoxy) is 4. The molecule has 6 heteroatoms. The summed E-state index contributed by atoms with van der Waals surface area (Å²) in [6.45, 7) is 4.06. The molecule has 0 aromatic heterocycles. The van der Waals surface area contributed by atoms with E-state index in [2.05, 4.69) is 0 Å². The van der Waals surface area contributed by atoms with E-state index < -0.39 is 11.2 Å². The molecular weight excluding hydrogens is 576 g/mol. The summed E-state index contributed by atoms with van der Waals surface area (Å²) in [6.07, 6.45) is 1.88. The van der Waals surface area contributed by atoms with Crippen LogP contribution in [-0.4, -0.2) is 25.2 Å². The van der Waals surface area contributed by atoms with Gasteiger partial charge in [0.1, 0.15) is 11.5 Å². The highest BCUT2D eigenvalue weighted by Crippen LogP contribution is 2.48. The Morgan fingerprint density at radius 3 is 1.09 bits per heavy atom. The van der Waals surface area contributed by atoms with E-state index in [0.717, 1.165) is 22.3 Å². The molecule has 0 bridgehead atoms. The van der Waals surface area contributed by atoms with Crippen molar-refractivity contribution in [1.82, 2.24) is 0 Å². The van der Waals surface area contributed by atoms with Gasteiger partial charge in [0, 0.05) is 35.1 Å². The summed E-state index contributed by atoms with van der Waals surface area (Å²) in [7, 11) is 0. The third-order valence-corrected chi connectivity index (χ3v) is 8.81. The fourth-order valence-electron chi connectivity index (χ4n) is 6.41. The fourth-order valence-corrected chi connectivity index (χ4v) is 6.41. The SMILES string of the molecule is CC1=C(C(=O)OCCCCOC(=O)C2=C(C)OC(c3ccccc3)(c3ccccc3)C2)CC(c2ccccc2)(c2ccccc2)O1. The Kier molecular flexibility index (Phi) is 9.06. The van der Waals surface area contributed by atoms with Crippen LogP contribution in [0.2, 0.25) is 0 Å². The molecule has 0 saturated heterocycles. The summed E-state index contributed by atoms with van der Waals surface area (Å²) >= 11 is 0. The zero-order valence-corrected chi connectivity index (χ0v) is 26.2. The van der Waals surface area contributed by atoms with Crippen molar-refractivity contribution in [2.24, 2.45) is 0 Å². The normalized spacial score (nSPS) is 16.5. The number of benzene rings is 4. The summed E-state index contributed by atoms with van der Waals surface area (Å²) in [5, 5.41) is 0. The quantitative estimate of drug-likeness (QED) is 0.126.